The van der Waals surface area contributed by atoms with Crippen molar-refractivity contribution >= 4 is 40.4 Å². The van der Waals surface area contributed by atoms with E-state index in [0.717, 1.165) is 0 Å². The molecule has 0 atom stereocenters. The molecule has 2 aromatic rings. The summed E-state index contributed by atoms with van der Waals surface area (Å²) in [4.78, 5) is 23.8. The van der Waals surface area contributed by atoms with E-state index in [-0.39, 0.29) is 18.4 Å². The van der Waals surface area contributed by atoms with Crippen LogP contribution in [-0.2, 0) is 4.79 Å². The van der Waals surface area contributed by atoms with Crippen LogP contribution in [0.5, 0.6) is 5.75 Å². The Morgan fingerprint density at radius 1 is 1.18 bits per heavy atom. The van der Waals surface area contributed by atoms with Crippen LogP contribution in [0.4, 0.5) is 5.69 Å². The molecule has 0 aliphatic carbocycles. The fourth-order valence-corrected chi connectivity index (χ4v) is 2.60. The molecule has 7 heteroatoms. The Balaban J connectivity index is 1.89. The van der Waals surface area contributed by atoms with E-state index in [0.29, 0.717) is 27.2 Å². The van der Waals surface area contributed by atoms with E-state index >= 15 is 0 Å². The van der Waals surface area contributed by atoms with Crippen molar-refractivity contribution in [2.45, 2.75) is 6.92 Å². The number of anilines is 1. The fourth-order valence-electron chi connectivity index (χ4n) is 1.66. The summed E-state index contributed by atoms with van der Waals surface area (Å²) in [6.45, 7) is 2.38. The van der Waals surface area contributed by atoms with Gasteiger partial charge in [-0.15, -0.1) is 11.3 Å². The summed E-state index contributed by atoms with van der Waals surface area (Å²) in [7, 11) is 0. The molecule has 0 radical (unpaired) electrons. The number of nitrogens with one attached hydrogen (secondary N) is 2. The van der Waals surface area contributed by atoms with Gasteiger partial charge in [-0.1, -0.05) is 11.6 Å². The Hall–Kier alpha value is -2.05. The molecule has 1 heterocycles. The molecule has 2 N–H and O–H groups in total. The van der Waals surface area contributed by atoms with E-state index in [9.17, 15) is 9.59 Å². The van der Waals surface area contributed by atoms with Crippen LogP contribution in [-0.4, -0.2) is 25.0 Å². The molecular formula is C15H15ClN2O3S. The summed E-state index contributed by atoms with van der Waals surface area (Å²) in [5.41, 5.74) is 0.639. The minimum atomic E-state index is -0.215. The maximum Gasteiger partial charge on any atom is 0.265 e. The van der Waals surface area contributed by atoms with Crippen LogP contribution in [0, 0.1) is 0 Å². The molecule has 0 fully saturated rings. The number of carbonyl (C=O) groups excluding carboxylic acids is 2. The molecule has 5 nitrogen and oxygen atoms in total. The summed E-state index contributed by atoms with van der Waals surface area (Å²) >= 11 is 7.02. The first-order chi connectivity index (χ1) is 10.6. The largest absolute Gasteiger partial charge is 0.484 e. The first-order valence-electron chi connectivity index (χ1n) is 6.64. The maximum absolute atomic E-state index is 12.0. The Morgan fingerprint density at radius 2 is 1.91 bits per heavy atom. The topological polar surface area (TPSA) is 67.4 Å². The number of carbonyl (C=O) groups is 2. The number of hydrogen-bond acceptors (Lipinski definition) is 4. The van der Waals surface area contributed by atoms with Gasteiger partial charge < -0.3 is 15.4 Å². The van der Waals surface area contributed by atoms with E-state index in [1.54, 1.807) is 36.4 Å². The van der Waals surface area contributed by atoms with E-state index < -0.39 is 0 Å². The van der Waals surface area contributed by atoms with Crippen LogP contribution in [0.3, 0.4) is 0 Å². The van der Waals surface area contributed by atoms with E-state index in [2.05, 4.69) is 10.6 Å². The average molecular weight is 339 g/mol. The minimum absolute atomic E-state index is 0.0345. The van der Waals surface area contributed by atoms with Gasteiger partial charge in [0.2, 0.25) is 0 Å². The average Bonchev–Trinajstić information content (AvgIpc) is 2.93. The third-order valence-corrected chi connectivity index (χ3v) is 3.88. The van der Waals surface area contributed by atoms with E-state index in [1.807, 2.05) is 6.92 Å². The first-order valence-corrected chi connectivity index (χ1v) is 7.84. The SMILES string of the molecule is CCNC(=O)COc1ccc(NC(=O)c2ccc(Cl)s2)cc1. The lowest BCUT2D eigenvalue weighted by molar-refractivity contribution is -0.122. The third-order valence-electron chi connectivity index (χ3n) is 2.65. The molecule has 116 valence electrons. The van der Waals surface area contributed by atoms with Gasteiger partial charge >= 0.3 is 0 Å². The number of thiophene rings is 1. The molecule has 0 aliphatic heterocycles. The number of benzene rings is 1. The highest BCUT2D eigenvalue weighted by Gasteiger charge is 2.09. The van der Waals surface area contributed by atoms with E-state index in [1.165, 1.54) is 11.3 Å². The Kier molecular flexibility index (Phi) is 5.80. The monoisotopic (exact) mass is 338 g/mol. The van der Waals surface area contributed by atoms with Crippen molar-refractivity contribution in [3.05, 3.63) is 45.6 Å². The zero-order chi connectivity index (χ0) is 15.9. The second-order valence-electron chi connectivity index (χ2n) is 4.32. The second-order valence-corrected chi connectivity index (χ2v) is 6.04. The highest BCUT2D eigenvalue weighted by atomic mass is 35.5. The zero-order valence-corrected chi connectivity index (χ0v) is 13.5. The van der Waals surface area contributed by atoms with Crippen molar-refractivity contribution < 1.29 is 14.3 Å². The van der Waals surface area contributed by atoms with Gasteiger partial charge in [0.1, 0.15) is 5.75 Å². The Bertz CT molecular complexity index is 655. The maximum atomic E-state index is 12.0. The number of hydrogen-bond donors (Lipinski definition) is 2. The van der Waals surface area contributed by atoms with Gasteiger partial charge in [-0.25, -0.2) is 0 Å². The quantitative estimate of drug-likeness (QED) is 0.850. The molecule has 22 heavy (non-hydrogen) atoms. The minimum Gasteiger partial charge on any atom is -0.484 e. The Labute approximate surface area is 137 Å². The Morgan fingerprint density at radius 3 is 2.50 bits per heavy atom. The van der Waals surface area contributed by atoms with E-state index in [4.69, 9.17) is 16.3 Å². The number of halogens is 1. The number of rotatable bonds is 6. The van der Waals surface area contributed by atoms with Crippen LogP contribution in [0.1, 0.15) is 16.6 Å². The highest BCUT2D eigenvalue weighted by molar-refractivity contribution is 7.18. The predicted octanol–water partition coefficient (Wildman–Crippen LogP) is 3.17. The fraction of sp³-hybridized carbons (Fsp3) is 0.200. The van der Waals surface area contributed by atoms with Crippen molar-refractivity contribution in [2.75, 3.05) is 18.5 Å². The molecule has 2 amide bonds. The molecule has 0 bridgehead atoms. The van der Waals surface area contributed by atoms with Crippen molar-refractivity contribution in [1.29, 1.82) is 0 Å². The third kappa shape index (κ3) is 4.75. The zero-order valence-electron chi connectivity index (χ0n) is 11.9. The van der Waals surface area contributed by atoms with Gasteiger partial charge in [0.25, 0.3) is 11.8 Å². The highest BCUT2D eigenvalue weighted by Crippen LogP contribution is 2.23. The summed E-state index contributed by atoms with van der Waals surface area (Å²) in [5, 5.41) is 5.40. The molecular weight excluding hydrogens is 324 g/mol. The lowest BCUT2D eigenvalue weighted by atomic mass is 10.3. The number of likely N-dealkylation sites (N-methyl/N-ethyl adjacent to an activating group) is 1. The molecule has 1 aromatic heterocycles. The van der Waals surface area contributed by atoms with Crippen molar-refractivity contribution in [2.24, 2.45) is 0 Å². The summed E-state index contributed by atoms with van der Waals surface area (Å²) in [6.07, 6.45) is 0. The standard InChI is InChI=1S/C15H15ClN2O3S/c1-2-17-14(19)9-21-11-5-3-10(4-6-11)18-15(20)12-7-8-13(16)22-12/h3-8H,2,9H2,1H3,(H,17,19)(H,18,20). The van der Waals surface area contributed by atoms with Crippen LogP contribution in [0.2, 0.25) is 4.34 Å². The lowest BCUT2D eigenvalue weighted by Crippen LogP contribution is -2.28. The van der Waals surface area contributed by atoms with Gasteiger partial charge in [0.15, 0.2) is 6.61 Å². The smallest absolute Gasteiger partial charge is 0.265 e. The van der Waals surface area contributed by atoms with Gasteiger partial charge in [-0.05, 0) is 43.3 Å². The molecule has 0 spiro atoms. The number of ether oxygens (including phenoxy) is 1. The molecule has 0 saturated carbocycles. The number of amides is 2. The van der Waals surface area contributed by atoms with Gasteiger partial charge in [-0.3, -0.25) is 9.59 Å². The first kappa shape index (κ1) is 16.3. The summed E-state index contributed by atoms with van der Waals surface area (Å²) in [5.74, 6) is 0.172. The van der Waals surface area contributed by atoms with Crippen LogP contribution >= 0.6 is 22.9 Å². The van der Waals surface area contributed by atoms with Crippen LogP contribution in [0.15, 0.2) is 36.4 Å². The lowest BCUT2D eigenvalue weighted by Gasteiger charge is -2.07. The van der Waals surface area contributed by atoms with Crippen molar-refractivity contribution in [1.82, 2.24) is 5.32 Å². The normalized spacial score (nSPS) is 10.1. The van der Waals surface area contributed by atoms with Gasteiger partial charge in [0.05, 0.1) is 9.21 Å². The van der Waals surface area contributed by atoms with Crippen molar-refractivity contribution in [3.8, 4) is 5.75 Å². The molecule has 0 saturated heterocycles. The van der Waals surface area contributed by atoms with Crippen LogP contribution < -0.4 is 15.4 Å². The second kappa shape index (κ2) is 7.82. The molecule has 0 aliphatic rings. The summed E-state index contributed by atoms with van der Waals surface area (Å²) < 4.78 is 5.90. The molecule has 2 rings (SSSR count). The molecule has 0 unspecified atom stereocenters. The van der Waals surface area contributed by atoms with Gasteiger partial charge in [-0.2, -0.15) is 0 Å². The molecule has 1 aromatic carbocycles. The van der Waals surface area contributed by atoms with Crippen molar-refractivity contribution in [3.63, 3.8) is 0 Å². The predicted molar refractivity (Wildman–Crippen MR) is 87.9 cm³/mol. The summed E-state index contributed by atoms with van der Waals surface area (Å²) in [6, 6.07) is 10.2. The van der Waals surface area contributed by atoms with Crippen LogP contribution in [0.25, 0.3) is 0 Å². The van der Waals surface area contributed by atoms with Gasteiger partial charge in [0, 0.05) is 12.2 Å².